The molecule has 1 aliphatic heterocycles. The zero-order valence-corrected chi connectivity index (χ0v) is 19.4. The van der Waals surface area contributed by atoms with Crippen LogP contribution in [0, 0.1) is 0 Å². The van der Waals surface area contributed by atoms with E-state index in [9.17, 15) is 8.42 Å². The predicted molar refractivity (Wildman–Crippen MR) is 126 cm³/mol. The van der Waals surface area contributed by atoms with E-state index in [2.05, 4.69) is 38.0 Å². The summed E-state index contributed by atoms with van der Waals surface area (Å²) in [5.74, 6) is 0.761. The number of aliphatic imine (C=N–C) groups is 1. The number of rotatable bonds is 8. The topological polar surface area (TPSA) is 73.8 Å². The molecule has 6 nitrogen and oxygen atoms in total. The van der Waals surface area contributed by atoms with Gasteiger partial charge in [-0.2, -0.15) is 0 Å². The van der Waals surface area contributed by atoms with E-state index in [4.69, 9.17) is 0 Å². The van der Waals surface area contributed by atoms with Gasteiger partial charge >= 0.3 is 0 Å². The fourth-order valence-corrected chi connectivity index (χ4v) is 6.02. The normalized spacial score (nSPS) is 17.0. The number of thiophene rings is 1. The lowest BCUT2D eigenvalue weighted by atomic mass is 10.1. The highest BCUT2D eigenvalue weighted by Gasteiger charge is 2.24. The number of sulfone groups is 1. The zero-order chi connectivity index (χ0) is 21.4. The summed E-state index contributed by atoms with van der Waals surface area (Å²) in [5.41, 5.74) is 0. The van der Waals surface area contributed by atoms with Crippen LogP contribution >= 0.6 is 11.3 Å². The Bertz CT molecular complexity index is 890. The van der Waals surface area contributed by atoms with Crippen molar-refractivity contribution in [2.75, 3.05) is 30.3 Å². The van der Waals surface area contributed by atoms with Crippen LogP contribution < -0.4 is 15.5 Å². The van der Waals surface area contributed by atoms with Gasteiger partial charge in [-0.1, -0.05) is 25.1 Å². The third-order valence-electron chi connectivity index (χ3n) is 5.33. The molecule has 3 rings (SSSR count). The third kappa shape index (κ3) is 6.22. The molecule has 1 atom stereocenters. The van der Waals surface area contributed by atoms with Crippen LogP contribution in [0.3, 0.4) is 0 Å². The van der Waals surface area contributed by atoms with Gasteiger partial charge in [0.2, 0.25) is 0 Å². The molecule has 0 aliphatic carbocycles. The van der Waals surface area contributed by atoms with Crippen LogP contribution in [0.4, 0.5) is 5.00 Å². The maximum Gasteiger partial charge on any atom is 0.191 e. The number of benzene rings is 1. The molecule has 30 heavy (non-hydrogen) atoms. The summed E-state index contributed by atoms with van der Waals surface area (Å²) in [6, 6.07) is 13.1. The lowest BCUT2D eigenvalue weighted by Gasteiger charge is -2.34. The average Bonchev–Trinajstić information content (AvgIpc) is 3.29. The number of hydrogen-bond donors (Lipinski definition) is 2. The second-order valence-electron chi connectivity index (χ2n) is 7.52. The van der Waals surface area contributed by atoms with Crippen molar-refractivity contribution >= 4 is 32.1 Å². The van der Waals surface area contributed by atoms with Crippen LogP contribution in [0.5, 0.6) is 0 Å². The molecule has 0 radical (unpaired) electrons. The van der Waals surface area contributed by atoms with Crippen molar-refractivity contribution in [3.8, 4) is 0 Å². The standard InChI is InChI=1S/C22H32N4O2S2/c1-3-18(17-30(27,28)20-9-6-5-7-10-20)24-22(23-4-2)25-19-12-14-26(15-13-19)21-11-8-16-29-21/h5-11,16,18-19H,3-4,12-15,17H2,1-2H3,(H2,23,24,25). The maximum absolute atomic E-state index is 12.8. The van der Waals surface area contributed by atoms with Crippen LogP contribution in [0.25, 0.3) is 0 Å². The van der Waals surface area contributed by atoms with Crippen molar-refractivity contribution in [3.63, 3.8) is 0 Å². The molecule has 164 valence electrons. The number of nitrogens with zero attached hydrogens (tertiary/aromatic N) is 2. The second-order valence-corrected chi connectivity index (χ2v) is 10.5. The summed E-state index contributed by atoms with van der Waals surface area (Å²) in [7, 11) is -3.35. The second kappa shape index (κ2) is 10.8. The van der Waals surface area contributed by atoms with Crippen molar-refractivity contribution in [1.82, 2.24) is 10.6 Å². The Labute approximate surface area is 184 Å². The fourth-order valence-electron chi connectivity index (χ4n) is 3.62. The molecule has 1 aromatic heterocycles. The van der Waals surface area contributed by atoms with Gasteiger partial charge in [-0.25, -0.2) is 8.42 Å². The number of piperidine rings is 1. The molecular weight excluding hydrogens is 416 g/mol. The Hall–Kier alpha value is -2.06. The third-order valence-corrected chi connectivity index (χ3v) is 8.09. The van der Waals surface area contributed by atoms with E-state index in [0.29, 0.717) is 29.9 Å². The van der Waals surface area contributed by atoms with Gasteiger partial charge in [0.1, 0.15) is 0 Å². The molecule has 1 saturated heterocycles. The van der Waals surface area contributed by atoms with Crippen molar-refractivity contribution in [2.24, 2.45) is 4.99 Å². The average molecular weight is 449 g/mol. The lowest BCUT2D eigenvalue weighted by Crippen LogP contribution is -2.52. The Morgan fingerprint density at radius 3 is 2.50 bits per heavy atom. The van der Waals surface area contributed by atoms with Crippen LogP contribution in [-0.4, -0.2) is 51.8 Å². The van der Waals surface area contributed by atoms with Gasteiger partial charge < -0.3 is 15.5 Å². The molecule has 1 aliphatic rings. The SMILES string of the molecule is CCN=C(NC1CCN(c2cccs2)CC1)NC(CC)CS(=O)(=O)c1ccccc1. The van der Waals surface area contributed by atoms with Crippen molar-refractivity contribution < 1.29 is 8.42 Å². The minimum Gasteiger partial charge on any atom is -0.363 e. The molecular formula is C22H32N4O2S2. The maximum atomic E-state index is 12.8. The van der Waals surface area contributed by atoms with Gasteiger partial charge in [0.05, 0.1) is 15.6 Å². The van der Waals surface area contributed by atoms with E-state index in [1.807, 2.05) is 19.9 Å². The number of hydrogen-bond acceptors (Lipinski definition) is 5. The largest absolute Gasteiger partial charge is 0.363 e. The first-order valence-corrected chi connectivity index (χ1v) is 13.2. The molecule has 0 saturated carbocycles. The van der Waals surface area contributed by atoms with Crippen molar-refractivity contribution in [2.45, 2.75) is 50.1 Å². The highest BCUT2D eigenvalue weighted by atomic mass is 32.2. The molecule has 0 amide bonds. The van der Waals surface area contributed by atoms with Gasteiger partial charge in [-0.3, -0.25) is 4.99 Å². The molecule has 0 spiro atoms. The Morgan fingerprint density at radius 2 is 1.90 bits per heavy atom. The van der Waals surface area contributed by atoms with E-state index in [-0.39, 0.29) is 11.8 Å². The molecule has 0 bridgehead atoms. The first kappa shape index (κ1) is 22.6. The van der Waals surface area contributed by atoms with Gasteiger partial charge in [0, 0.05) is 31.7 Å². The van der Waals surface area contributed by atoms with Crippen LogP contribution in [0.1, 0.15) is 33.1 Å². The monoisotopic (exact) mass is 448 g/mol. The first-order chi connectivity index (χ1) is 14.5. The molecule has 1 fully saturated rings. The Kier molecular flexibility index (Phi) is 8.16. The van der Waals surface area contributed by atoms with Gasteiger partial charge in [-0.05, 0) is 55.8 Å². The number of guanidine groups is 1. The summed E-state index contributed by atoms with van der Waals surface area (Å²) in [4.78, 5) is 7.36. The molecule has 1 aromatic carbocycles. The molecule has 8 heteroatoms. The lowest BCUT2D eigenvalue weighted by molar-refractivity contribution is 0.458. The highest BCUT2D eigenvalue weighted by Crippen LogP contribution is 2.24. The highest BCUT2D eigenvalue weighted by molar-refractivity contribution is 7.91. The first-order valence-electron chi connectivity index (χ1n) is 10.7. The number of anilines is 1. The van der Waals surface area contributed by atoms with E-state index in [0.717, 1.165) is 25.9 Å². The predicted octanol–water partition coefficient (Wildman–Crippen LogP) is 3.52. The quantitative estimate of drug-likeness (QED) is 0.477. The summed E-state index contributed by atoms with van der Waals surface area (Å²) < 4.78 is 25.5. The van der Waals surface area contributed by atoms with E-state index in [1.54, 1.807) is 35.6 Å². The zero-order valence-electron chi connectivity index (χ0n) is 17.8. The van der Waals surface area contributed by atoms with Crippen LogP contribution in [0.15, 0.2) is 57.7 Å². The van der Waals surface area contributed by atoms with Crippen molar-refractivity contribution in [3.05, 3.63) is 47.8 Å². The Balaban J connectivity index is 1.57. The summed E-state index contributed by atoms with van der Waals surface area (Å²) in [6.45, 7) is 6.66. The van der Waals surface area contributed by atoms with Gasteiger partial charge in [0.15, 0.2) is 15.8 Å². The molecule has 1 unspecified atom stereocenters. The summed E-state index contributed by atoms with van der Waals surface area (Å²) >= 11 is 1.78. The summed E-state index contributed by atoms with van der Waals surface area (Å²) in [6.07, 6.45) is 2.76. The molecule has 2 aromatic rings. The molecule has 2 heterocycles. The minimum absolute atomic E-state index is 0.0503. The smallest absolute Gasteiger partial charge is 0.191 e. The molecule has 2 N–H and O–H groups in total. The fraction of sp³-hybridized carbons (Fsp3) is 0.500. The van der Waals surface area contributed by atoms with Gasteiger partial charge in [-0.15, -0.1) is 11.3 Å². The van der Waals surface area contributed by atoms with E-state index in [1.165, 1.54) is 5.00 Å². The van der Waals surface area contributed by atoms with Crippen LogP contribution in [0.2, 0.25) is 0 Å². The van der Waals surface area contributed by atoms with E-state index < -0.39 is 9.84 Å². The van der Waals surface area contributed by atoms with Crippen LogP contribution in [-0.2, 0) is 9.84 Å². The van der Waals surface area contributed by atoms with Gasteiger partial charge in [0.25, 0.3) is 0 Å². The summed E-state index contributed by atoms with van der Waals surface area (Å²) in [5, 5.41) is 10.3. The Morgan fingerprint density at radius 1 is 1.17 bits per heavy atom. The number of nitrogens with one attached hydrogen (secondary N) is 2. The van der Waals surface area contributed by atoms with E-state index >= 15 is 0 Å². The minimum atomic E-state index is -3.35. The van der Waals surface area contributed by atoms with Crippen molar-refractivity contribution in [1.29, 1.82) is 0 Å².